The van der Waals surface area contributed by atoms with Gasteiger partial charge in [-0.3, -0.25) is 18.6 Å². The number of phosphoric ester groups is 1. The van der Waals surface area contributed by atoms with Gasteiger partial charge in [-0.25, -0.2) is 4.57 Å². The lowest BCUT2D eigenvalue weighted by atomic mass is 9.85. The van der Waals surface area contributed by atoms with E-state index in [1.165, 1.54) is 38.5 Å². The van der Waals surface area contributed by atoms with E-state index in [4.69, 9.17) is 18.5 Å². The molecule has 0 aliphatic heterocycles. The summed E-state index contributed by atoms with van der Waals surface area (Å²) >= 11 is 0. The van der Waals surface area contributed by atoms with E-state index in [0.29, 0.717) is 12.8 Å². The molecule has 13 nitrogen and oxygen atoms in total. The maximum absolute atomic E-state index is 12.7. The van der Waals surface area contributed by atoms with Gasteiger partial charge in [0.1, 0.15) is 43.2 Å². The summed E-state index contributed by atoms with van der Waals surface area (Å²) in [4.78, 5) is 35.1. The Morgan fingerprint density at radius 3 is 1.76 bits per heavy atom. The van der Waals surface area contributed by atoms with Crippen molar-refractivity contribution < 1.29 is 63.1 Å². The molecule has 0 aromatic carbocycles. The molecule has 0 heterocycles. The number of carbonyl (C=O) groups excluding carboxylic acids is 2. The van der Waals surface area contributed by atoms with Gasteiger partial charge in [-0.15, -0.1) is 0 Å². The minimum Gasteiger partial charge on any atom is -0.462 e. The van der Waals surface area contributed by atoms with Gasteiger partial charge in [0.25, 0.3) is 0 Å². The van der Waals surface area contributed by atoms with Crippen LogP contribution in [-0.2, 0) is 32.7 Å². The third-order valence-electron chi connectivity index (χ3n) is 7.68. The van der Waals surface area contributed by atoms with Gasteiger partial charge in [-0.2, -0.15) is 0 Å². The number of rotatable bonds is 26. The van der Waals surface area contributed by atoms with Crippen molar-refractivity contribution in [3.63, 3.8) is 0 Å². The molecule has 7 unspecified atom stereocenters. The zero-order valence-corrected chi connectivity index (χ0v) is 29.9. The molecule has 1 fully saturated rings. The highest BCUT2D eigenvalue weighted by molar-refractivity contribution is 7.47. The largest absolute Gasteiger partial charge is 0.472 e. The standard InChI is InChI=1S/C35H59O13P/c1-3-5-7-9-11-12-13-14-15-16-18-20-22-24-29(37)47-27(25-45-28(36)23-21-19-17-10-8-6-4-2)26-46-49(43,44)48-35-33(41)31(39)30(38)32(40)34(35)42/h6,8,14-15,17-20,27,30-35,38-42H,3-5,7,9-13,16,21-26H2,1-2H3,(H,43,44)/b8-6+,15-14+,19-17+,20-18+/t27?,30?,31-,32?,33?,34?,35?/m1/s1. The van der Waals surface area contributed by atoms with E-state index in [-0.39, 0.29) is 12.8 Å². The molecule has 0 spiro atoms. The van der Waals surface area contributed by atoms with Gasteiger partial charge in [0.15, 0.2) is 6.10 Å². The van der Waals surface area contributed by atoms with Crippen molar-refractivity contribution in [2.45, 2.75) is 146 Å². The summed E-state index contributed by atoms with van der Waals surface area (Å²) < 4.78 is 33.0. The molecule has 8 atom stereocenters. The third kappa shape index (κ3) is 20.3. The van der Waals surface area contributed by atoms with Crippen molar-refractivity contribution in [3.05, 3.63) is 48.6 Å². The maximum Gasteiger partial charge on any atom is 0.472 e. The first-order valence-corrected chi connectivity index (χ1v) is 18.9. The Morgan fingerprint density at radius 1 is 0.653 bits per heavy atom. The van der Waals surface area contributed by atoms with Crippen LogP contribution in [-0.4, -0.2) is 98.3 Å². The first-order chi connectivity index (χ1) is 23.4. The number of aliphatic hydroxyl groups is 5. The highest BCUT2D eigenvalue weighted by Gasteiger charge is 2.51. The second-order valence-corrected chi connectivity index (χ2v) is 13.4. The average molecular weight is 719 g/mol. The summed E-state index contributed by atoms with van der Waals surface area (Å²) in [5.74, 6) is -1.27. The van der Waals surface area contributed by atoms with Crippen LogP contribution in [0.25, 0.3) is 0 Å². The molecule has 0 amide bonds. The molecule has 1 saturated carbocycles. The molecule has 0 aromatic rings. The second kappa shape index (κ2) is 26.6. The number of unbranched alkanes of at least 4 members (excludes halogenated alkanes) is 6. The van der Waals surface area contributed by atoms with Gasteiger partial charge < -0.3 is 39.9 Å². The molecule has 282 valence electrons. The van der Waals surface area contributed by atoms with E-state index in [0.717, 1.165) is 25.7 Å². The molecular weight excluding hydrogens is 659 g/mol. The molecule has 14 heteroatoms. The van der Waals surface area contributed by atoms with Crippen LogP contribution < -0.4 is 0 Å². The van der Waals surface area contributed by atoms with Gasteiger partial charge >= 0.3 is 19.8 Å². The Balaban J connectivity index is 2.65. The number of allylic oxidation sites excluding steroid dienone is 8. The summed E-state index contributed by atoms with van der Waals surface area (Å²) in [6.07, 6.45) is 14.2. The van der Waals surface area contributed by atoms with Crippen LogP contribution in [0.2, 0.25) is 0 Å². The average Bonchev–Trinajstić information content (AvgIpc) is 3.07. The van der Waals surface area contributed by atoms with E-state index < -0.39 is 75.7 Å². The molecule has 0 aromatic heterocycles. The molecule has 1 rings (SSSR count). The number of esters is 2. The Hall–Kier alpha value is -2.19. The van der Waals surface area contributed by atoms with Crippen molar-refractivity contribution in [2.24, 2.45) is 0 Å². The van der Waals surface area contributed by atoms with Crippen LogP contribution in [0.4, 0.5) is 0 Å². The van der Waals surface area contributed by atoms with Crippen LogP contribution in [0.3, 0.4) is 0 Å². The molecule has 0 saturated heterocycles. The number of hydrogen-bond donors (Lipinski definition) is 6. The maximum atomic E-state index is 12.7. The van der Waals surface area contributed by atoms with Gasteiger partial charge in [0.05, 0.1) is 6.61 Å². The number of carbonyl (C=O) groups is 2. The highest BCUT2D eigenvalue weighted by Crippen LogP contribution is 2.47. The number of hydrogen-bond acceptors (Lipinski definition) is 12. The van der Waals surface area contributed by atoms with E-state index in [1.807, 2.05) is 43.4 Å². The monoisotopic (exact) mass is 718 g/mol. The molecule has 0 radical (unpaired) electrons. The van der Waals surface area contributed by atoms with Crippen LogP contribution in [0, 0.1) is 0 Å². The highest BCUT2D eigenvalue weighted by atomic mass is 31.2. The lowest BCUT2D eigenvalue weighted by molar-refractivity contribution is -0.220. The van der Waals surface area contributed by atoms with Crippen LogP contribution in [0.15, 0.2) is 48.6 Å². The van der Waals surface area contributed by atoms with Crippen molar-refractivity contribution in [2.75, 3.05) is 13.2 Å². The smallest absolute Gasteiger partial charge is 0.462 e. The van der Waals surface area contributed by atoms with Crippen molar-refractivity contribution in [1.29, 1.82) is 0 Å². The van der Waals surface area contributed by atoms with Crippen molar-refractivity contribution in [1.82, 2.24) is 0 Å². The van der Waals surface area contributed by atoms with Gasteiger partial charge in [0, 0.05) is 12.8 Å². The van der Waals surface area contributed by atoms with Crippen LogP contribution in [0.1, 0.15) is 104 Å². The predicted molar refractivity (Wildman–Crippen MR) is 184 cm³/mol. The fourth-order valence-electron chi connectivity index (χ4n) is 4.81. The molecule has 6 N–H and O–H groups in total. The Kier molecular flexibility index (Phi) is 24.3. The molecule has 49 heavy (non-hydrogen) atoms. The minimum absolute atomic E-state index is 0.0223. The summed E-state index contributed by atoms with van der Waals surface area (Å²) in [6, 6.07) is 0. The zero-order chi connectivity index (χ0) is 36.5. The van der Waals surface area contributed by atoms with E-state index >= 15 is 0 Å². The summed E-state index contributed by atoms with van der Waals surface area (Å²) in [5, 5.41) is 49.7. The topological polar surface area (TPSA) is 210 Å². The molecule has 0 bridgehead atoms. The first kappa shape index (κ1) is 44.8. The zero-order valence-electron chi connectivity index (χ0n) is 29.0. The molecule has 1 aliphatic carbocycles. The van der Waals surface area contributed by atoms with Gasteiger partial charge in [0.2, 0.25) is 0 Å². The number of ether oxygens (including phenoxy) is 2. The van der Waals surface area contributed by atoms with E-state index in [1.54, 1.807) is 0 Å². The number of phosphoric acid groups is 1. The minimum atomic E-state index is -5.13. The lowest BCUT2D eigenvalue weighted by Crippen LogP contribution is -2.64. The van der Waals surface area contributed by atoms with E-state index in [9.17, 15) is 44.6 Å². The Bertz CT molecular complexity index is 1060. The van der Waals surface area contributed by atoms with Crippen molar-refractivity contribution in [3.8, 4) is 0 Å². The quantitative estimate of drug-likeness (QED) is 0.0316. The lowest BCUT2D eigenvalue weighted by Gasteiger charge is -2.41. The Labute approximate surface area is 290 Å². The fraction of sp³-hybridized carbons (Fsp3) is 0.714. The Morgan fingerprint density at radius 2 is 1.16 bits per heavy atom. The van der Waals surface area contributed by atoms with Gasteiger partial charge in [-0.1, -0.05) is 94.6 Å². The van der Waals surface area contributed by atoms with E-state index in [2.05, 4.69) is 19.1 Å². The summed E-state index contributed by atoms with van der Waals surface area (Å²) in [6.45, 7) is 2.96. The van der Waals surface area contributed by atoms with Crippen molar-refractivity contribution >= 4 is 19.8 Å². The normalized spacial score (nSPS) is 25.0. The third-order valence-corrected chi connectivity index (χ3v) is 8.67. The first-order valence-electron chi connectivity index (χ1n) is 17.4. The molecular formula is C35H59O13P. The van der Waals surface area contributed by atoms with Crippen LogP contribution >= 0.6 is 7.82 Å². The summed E-state index contributed by atoms with van der Waals surface area (Å²) in [7, 11) is -5.13. The second-order valence-electron chi connectivity index (χ2n) is 12.0. The van der Waals surface area contributed by atoms with Crippen LogP contribution in [0.5, 0.6) is 0 Å². The summed E-state index contributed by atoms with van der Waals surface area (Å²) in [5.41, 5.74) is 0. The number of aliphatic hydroxyl groups excluding tert-OH is 5. The molecule has 1 aliphatic rings. The van der Waals surface area contributed by atoms with Gasteiger partial charge in [-0.05, 0) is 44.9 Å². The SMILES string of the molecule is CC/C=C/C/C=C/CCC(=O)OCC(COP(=O)(O)OC1C(O)C(O)C(O)[C@@H](O)C1O)OC(=O)CC/C=C/C/C=C/CCCCCCCC. The fourth-order valence-corrected chi connectivity index (χ4v) is 5.78. The predicted octanol–water partition coefficient (Wildman–Crippen LogP) is 4.49.